The third-order valence-corrected chi connectivity index (χ3v) is 13.6. The van der Waals surface area contributed by atoms with Gasteiger partial charge in [-0.05, 0) is 33.4 Å². The minimum absolute atomic E-state index is 0. The molecule has 2 radical (unpaired) electrons. The molecular formula is C39H40Cl2NOP2Rh. The molecule has 1 aliphatic carbocycles. The van der Waals surface area contributed by atoms with E-state index < -0.39 is 16.1 Å². The van der Waals surface area contributed by atoms with Gasteiger partial charge in [0, 0.05) is 16.1 Å². The van der Waals surface area contributed by atoms with Gasteiger partial charge in [0.05, 0.1) is 12.8 Å². The van der Waals surface area contributed by atoms with Crippen LogP contribution >= 0.6 is 25.8 Å². The third kappa shape index (κ3) is 9.67. The Kier molecular flexibility index (Phi) is 16.3. The maximum Gasteiger partial charge on any atom is 0.118 e. The Morgan fingerprint density at radius 3 is 1.22 bits per heavy atom. The molecule has 7 heteroatoms. The van der Waals surface area contributed by atoms with E-state index in [4.69, 9.17) is 4.42 Å². The molecule has 1 heterocycles. The summed E-state index contributed by atoms with van der Waals surface area (Å²) in [6.07, 6.45) is 1.77. The Hall–Kier alpha value is -2.21. The topological polar surface area (TPSA) is 16.4 Å². The second-order valence-electron chi connectivity index (χ2n) is 10.7. The van der Waals surface area contributed by atoms with Gasteiger partial charge >= 0.3 is 27.0 Å². The number of furan rings is 1. The average molecular weight is 775 g/mol. The van der Waals surface area contributed by atoms with Crippen molar-refractivity contribution in [3.63, 3.8) is 0 Å². The standard InChI is InChI=1S/C29H25NOP2.C10H15.2ClH.Rh/c1-5-15-26(16-6-1)32(27-17-7-2-8-18-27)30(24-25-14-13-23-31-25)33(28-19-9-3-10-20-28)29-21-11-4-12-22-29;1-6-7(2)9(4)10(5)8(6)3;;;/h1-23H,24H2;1-5H3;2*1H;/q;-1;;;+3/p-2. The van der Waals surface area contributed by atoms with Crippen molar-refractivity contribution in [3.8, 4) is 0 Å². The minimum atomic E-state index is -0.804. The zero-order valence-electron chi connectivity index (χ0n) is 26.8. The number of hydrogen-bond acceptors (Lipinski definition) is 2. The first kappa shape index (κ1) is 38.2. The fraction of sp³-hybridized carbons (Fsp3) is 0.154. The number of allylic oxidation sites excluding steroid dienone is 2. The summed E-state index contributed by atoms with van der Waals surface area (Å²) in [5, 5.41) is 5.35. The summed E-state index contributed by atoms with van der Waals surface area (Å²) in [4.78, 5) is 0. The van der Waals surface area contributed by atoms with E-state index in [0.717, 1.165) is 12.3 Å². The Morgan fingerprint density at radius 2 is 0.978 bits per heavy atom. The predicted octanol–water partition coefficient (Wildman–Crippen LogP) is 6.99. The van der Waals surface area contributed by atoms with Gasteiger partial charge in [0.25, 0.3) is 0 Å². The molecule has 4 aromatic carbocycles. The van der Waals surface area contributed by atoms with Crippen molar-refractivity contribution < 1.29 is 34.1 Å². The van der Waals surface area contributed by atoms with E-state index in [-0.39, 0.29) is 12.4 Å². The molecule has 0 unspecified atom stereocenters. The van der Waals surface area contributed by atoms with Gasteiger partial charge in [-0.3, -0.25) is 0 Å². The van der Waals surface area contributed by atoms with E-state index in [1.54, 1.807) is 6.26 Å². The molecule has 2 nitrogen and oxygen atoms in total. The van der Waals surface area contributed by atoms with E-state index in [1.165, 1.54) is 50.1 Å². The first-order valence-electron chi connectivity index (χ1n) is 14.9. The molecule has 0 N–H and O–H groups in total. The Labute approximate surface area is 299 Å². The van der Waals surface area contributed by atoms with Gasteiger partial charge < -0.3 is 16.8 Å². The first-order chi connectivity index (χ1) is 22.0. The minimum Gasteiger partial charge on any atom is -0.468 e. The number of hydrogen-bond donors (Lipinski definition) is 0. The summed E-state index contributed by atoms with van der Waals surface area (Å²) >= 11 is 2.02. The van der Waals surface area contributed by atoms with Crippen molar-refractivity contribution in [1.29, 1.82) is 0 Å². The van der Waals surface area contributed by atoms with Crippen molar-refractivity contribution in [2.45, 2.75) is 41.2 Å². The summed E-state index contributed by atoms with van der Waals surface area (Å²) in [6, 6.07) is 47.7. The molecule has 46 heavy (non-hydrogen) atoms. The summed E-state index contributed by atoms with van der Waals surface area (Å²) < 4.78 is 8.57. The van der Waals surface area contributed by atoms with Crippen LogP contribution in [-0.2, 0) is 23.9 Å². The van der Waals surface area contributed by atoms with Crippen molar-refractivity contribution in [1.82, 2.24) is 4.44 Å². The molecule has 0 bridgehead atoms. The predicted molar refractivity (Wildman–Crippen MR) is 193 cm³/mol. The normalized spacial score (nSPS) is 13.3. The molecule has 0 aliphatic heterocycles. The summed E-state index contributed by atoms with van der Waals surface area (Å²) in [5.74, 6) is 5.38. The van der Waals surface area contributed by atoms with Gasteiger partial charge in [0.15, 0.2) is 0 Å². The third-order valence-electron chi connectivity index (χ3n) is 8.15. The fourth-order valence-corrected chi connectivity index (χ4v) is 11.3. The van der Waals surface area contributed by atoms with Gasteiger partial charge in [-0.15, -0.1) is 13.8 Å². The largest absolute Gasteiger partial charge is 0.468 e. The molecule has 6 rings (SSSR count). The number of benzene rings is 4. The zero-order chi connectivity index (χ0) is 32.2. The molecule has 0 fully saturated rings. The van der Waals surface area contributed by atoms with Gasteiger partial charge in [-0.25, -0.2) is 21.5 Å². The molecule has 0 atom stereocenters. The second kappa shape index (κ2) is 19.6. The van der Waals surface area contributed by atoms with Crippen molar-refractivity contribution in [2.24, 2.45) is 0 Å². The fourth-order valence-electron chi connectivity index (χ4n) is 5.29. The number of rotatable bonds is 8. The summed E-state index contributed by atoms with van der Waals surface area (Å²) in [7, 11) is 2.92. The molecule has 1 aromatic heterocycles. The van der Waals surface area contributed by atoms with Crippen LogP contribution in [-0.4, -0.2) is 4.44 Å². The molecule has 0 spiro atoms. The smallest absolute Gasteiger partial charge is 0.118 e. The number of nitrogens with zero attached hydrogens (tertiary/aromatic N) is 1. The molecule has 0 amide bonds. The second-order valence-corrected chi connectivity index (χ2v) is 15.3. The van der Waals surface area contributed by atoms with Gasteiger partial charge in [-0.2, -0.15) is 0 Å². The Bertz CT molecular complexity index is 1390. The van der Waals surface area contributed by atoms with Gasteiger partial charge in [0.1, 0.15) is 5.76 Å². The first-order valence-corrected chi connectivity index (χ1v) is 19.6. The Balaban J connectivity index is 0.000000378. The van der Waals surface area contributed by atoms with Crippen molar-refractivity contribution in [2.75, 3.05) is 0 Å². The quantitative estimate of drug-likeness (QED) is 0.0962. The average Bonchev–Trinajstić information content (AvgIpc) is 3.68. The molecular weight excluding hydrogens is 734 g/mol. The molecule has 1 aliphatic rings. The van der Waals surface area contributed by atoms with Gasteiger partial charge in [0.2, 0.25) is 0 Å². The maximum atomic E-state index is 5.89. The zero-order valence-corrected chi connectivity index (χ0v) is 31.8. The molecule has 5 aromatic rings. The SMILES string of the molecule is C[C]1[C](C)[C-](C)C(C)=C1C.[Cl-].[Cl][Rh+2].c1ccc(P(c2ccccc2)N(Cc2ccco2)P(c2ccccc2)c2ccccc2)cc1. The summed E-state index contributed by atoms with van der Waals surface area (Å²) in [5.41, 5.74) is 2.94. The molecule has 0 saturated heterocycles. The van der Waals surface area contributed by atoms with Crippen LogP contribution in [0.1, 0.15) is 40.4 Å². The van der Waals surface area contributed by atoms with E-state index in [0.29, 0.717) is 0 Å². The van der Waals surface area contributed by atoms with Crippen molar-refractivity contribution in [3.05, 3.63) is 174 Å². The van der Waals surface area contributed by atoms with Crippen LogP contribution in [0, 0.1) is 17.8 Å². The van der Waals surface area contributed by atoms with E-state index in [1.807, 2.05) is 23.4 Å². The Morgan fingerprint density at radius 1 is 0.609 bits per heavy atom. The monoisotopic (exact) mass is 773 g/mol. The van der Waals surface area contributed by atoms with Crippen LogP contribution in [0.4, 0.5) is 0 Å². The molecule has 240 valence electrons. The van der Waals surface area contributed by atoms with Crippen LogP contribution < -0.4 is 33.6 Å². The van der Waals surface area contributed by atoms with Crippen LogP contribution in [0.5, 0.6) is 0 Å². The van der Waals surface area contributed by atoms with E-state index >= 15 is 0 Å². The van der Waals surface area contributed by atoms with Crippen LogP contribution in [0.15, 0.2) is 155 Å². The molecule has 0 saturated carbocycles. The van der Waals surface area contributed by atoms with Gasteiger partial charge in [-0.1, -0.05) is 154 Å². The summed E-state index contributed by atoms with van der Waals surface area (Å²) in [6.45, 7) is 11.7. The van der Waals surface area contributed by atoms with Crippen LogP contribution in [0.25, 0.3) is 0 Å². The van der Waals surface area contributed by atoms with E-state index in [2.05, 4.69) is 176 Å². The number of halogens is 2. The maximum absolute atomic E-state index is 5.89. The van der Waals surface area contributed by atoms with Crippen LogP contribution in [0.3, 0.4) is 0 Å². The van der Waals surface area contributed by atoms with E-state index in [9.17, 15) is 0 Å². The van der Waals surface area contributed by atoms with Crippen molar-refractivity contribution >= 4 is 47.1 Å². The van der Waals surface area contributed by atoms with Crippen LogP contribution in [0.2, 0.25) is 0 Å².